The van der Waals surface area contributed by atoms with Gasteiger partial charge in [-0.1, -0.05) is 17.3 Å². The van der Waals surface area contributed by atoms with E-state index in [1.807, 2.05) is 25.1 Å². The summed E-state index contributed by atoms with van der Waals surface area (Å²) < 4.78 is 26.4. The number of rotatable bonds is 8. The third-order valence-corrected chi connectivity index (χ3v) is 6.88. The van der Waals surface area contributed by atoms with Gasteiger partial charge in [0.1, 0.15) is 30.0 Å². The Morgan fingerprint density at radius 3 is 2.74 bits per heavy atom. The molecular weight excluding hydrogens is 455 g/mol. The third kappa shape index (κ3) is 5.44. The van der Waals surface area contributed by atoms with Crippen LogP contribution in [-0.4, -0.2) is 70.5 Å². The van der Waals surface area contributed by atoms with Gasteiger partial charge in [0.15, 0.2) is 5.76 Å². The van der Waals surface area contributed by atoms with E-state index < -0.39 is 6.10 Å². The van der Waals surface area contributed by atoms with E-state index in [0.717, 1.165) is 47.2 Å². The van der Waals surface area contributed by atoms with Crippen molar-refractivity contribution in [3.05, 3.63) is 65.1 Å². The van der Waals surface area contributed by atoms with Crippen LogP contribution in [0.2, 0.25) is 0 Å². The average Bonchev–Trinajstić information content (AvgIpc) is 3.44. The summed E-state index contributed by atoms with van der Waals surface area (Å²) >= 11 is 1.66. The minimum absolute atomic E-state index is 0.242. The van der Waals surface area contributed by atoms with Crippen LogP contribution < -0.4 is 4.74 Å². The van der Waals surface area contributed by atoms with Gasteiger partial charge in [-0.05, 0) is 31.2 Å². The number of fused-ring (bicyclic) bond motifs is 1. The van der Waals surface area contributed by atoms with Crippen molar-refractivity contribution in [1.29, 1.82) is 0 Å². The van der Waals surface area contributed by atoms with Crippen molar-refractivity contribution in [3.63, 3.8) is 0 Å². The Hall–Kier alpha value is -2.85. The van der Waals surface area contributed by atoms with Crippen LogP contribution in [-0.2, 0) is 6.54 Å². The van der Waals surface area contributed by atoms with E-state index in [1.54, 1.807) is 35.6 Å². The van der Waals surface area contributed by atoms with Crippen LogP contribution in [0.15, 0.2) is 53.1 Å². The highest BCUT2D eigenvalue weighted by atomic mass is 32.1. The first kappa shape index (κ1) is 22.9. The van der Waals surface area contributed by atoms with Gasteiger partial charge in [0.05, 0.1) is 21.8 Å². The number of aliphatic hydroxyl groups is 1. The molecule has 0 unspecified atom stereocenters. The highest BCUT2D eigenvalue weighted by Crippen LogP contribution is 2.26. The first-order valence-electron chi connectivity index (χ1n) is 11.4. The molecule has 1 aliphatic heterocycles. The Morgan fingerprint density at radius 1 is 1.12 bits per heavy atom. The minimum atomic E-state index is -0.572. The normalized spacial score (nSPS) is 16.2. The van der Waals surface area contributed by atoms with Crippen molar-refractivity contribution in [3.8, 4) is 17.0 Å². The number of piperazine rings is 1. The van der Waals surface area contributed by atoms with E-state index in [1.165, 1.54) is 6.07 Å². The number of aliphatic hydroxyl groups excluding tert-OH is 1. The maximum absolute atomic E-state index is 14.0. The second-order valence-corrected chi connectivity index (χ2v) is 9.80. The number of hydrogen-bond donors (Lipinski definition) is 1. The average molecular weight is 483 g/mol. The molecule has 0 aliphatic carbocycles. The SMILES string of the molecule is Cc1nc2cc(OC[C@H](O)CN3CCN(Cc4cc(-c5ccccc5F)no4)CC3)ccc2s1. The third-order valence-electron chi connectivity index (χ3n) is 5.93. The predicted octanol–water partition coefficient (Wildman–Crippen LogP) is 3.96. The van der Waals surface area contributed by atoms with Crippen molar-refractivity contribution in [2.24, 2.45) is 0 Å². The van der Waals surface area contributed by atoms with Gasteiger partial charge < -0.3 is 14.4 Å². The van der Waals surface area contributed by atoms with Crippen LogP contribution in [0.5, 0.6) is 5.75 Å². The smallest absolute Gasteiger partial charge is 0.151 e. The summed E-state index contributed by atoms with van der Waals surface area (Å²) in [4.78, 5) is 9.00. The Labute approximate surface area is 201 Å². The van der Waals surface area contributed by atoms with E-state index in [2.05, 4.69) is 19.9 Å². The summed E-state index contributed by atoms with van der Waals surface area (Å²) in [6.07, 6.45) is -0.572. The number of thiazole rings is 1. The zero-order valence-electron chi connectivity index (χ0n) is 19.0. The molecular formula is C25H27FN4O3S. The topological polar surface area (TPSA) is 74.9 Å². The molecule has 4 aromatic rings. The van der Waals surface area contributed by atoms with E-state index in [-0.39, 0.29) is 12.4 Å². The monoisotopic (exact) mass is 482 g/mol. The lowest BCUT2D eigenvalue weighted by Crippen LogP contribution is -2.48. The van der Waals surface area contributed by atoms with Gasteiger partial charge in [0.2, 0.25) is 0 Å². The second kappa shape index (κ2) is 10.2. The van der Waals surface area contributed by atoms with E-state index >= 15 is 0 Å². The molecule has 0 radical (unpaired) electrons. The number of nitrogens with zero attached hydrogens (tertiary/aromatic N) is 4. The first-order valence-corrected chi connectivity index (χ1v) is 12.2. The Morgan fingerprint density at radius 2 is 1.91 bits per heavy atom. The molecule has 1 fully saturated rings. The van der Waals surface area contributed by atoms with E-state index in [4.69, 9.17) is 9.26 Å². The lowest BCUT2D eigenvalue weighted by molar-refractivity contribution is 0.0430. The van der Waals surface area contributed by atoms with Crippen molar-refractivity contribution >= 4 is 21.6 Å². The van der Waals surface area contributed by atoms with Crippen LogP contribution in [0.1, 0.15) is 10.8 Å². The molecule has 2 aromatic heterocycles. The highest BCUT2D eigenvalue weighted by molar-refractivity contribution is 7.18. The molecule has 34 heavy (non-hydrogen) atoms. The number of benzene rings is 2. The van der Waals surface area contributed by atoms with Crippen molar-refractivity contribution in [1.82, 2.24) is 19.9 Å². The van der Waals surface area contributed by atoms with Gasteiger partial charge in [-0.3, -0.25) is 9.80 Å². The highest BCUT2D eigenvalue weighted by Gasteiger charge is 2.21. The molecule has 7 nitrogen and oxygen atoms in total. The number of halogens is 1. The number of aryl methyl sites for hydroxylation is 1. The molecule has 1 saturated heterocycles. The van der Waals surface area contributed by atoms with E-state index in [9.17, 15) is 9.50 Å². The lowest BCUT2D eigenvalue weighted by atomic mass is 10.1. The number of hydrogen-bond acceptors (Lipinski definition) is 8. The molecule has 9 heteroatoms. The Balaban J connectivity index is 1.06. The van der Waals surface area contributed by atoms with Crippen molar-refractivity contribution < 1.29 is 18.8 Å². The zero-order valence-corrected chi connectivity index (χ0v) is 19.8. The fourth-order valence-electron chi connectivity index (χ4n) is 4.19. The molecule has 1 aliphatic rings. The van der Waals surface area contributed by atoms with Gasteiger partial charge >= 0.3 is 0 Å². The zero-order chi connectivity index (χ0) is 23.5. The summed E-state index contributed by atoms with van der Waals surface area (Å²) in [5.41, 5.74) is 1.89. The predicted molar refractivity (Wildman–Crippen MR) is 129 cm³/mol. The van der Waals surface area contributed by atoms with Crippen molar-refractivity contribution in [2.45, 2.75) is 19.6 Å². The molecule has 2 aromatic carbocycles. The fourth-order valence-corrected chi connectivity index (χ4v) is 5.00. The molecule has 3 heterocycles. The van der Waals surface area contributed by atoms with Gasteiger partial charge in [0, 0.05) is 50.4 Å². The van der Waals surface area contributed by atoms with Gasteiger partial charge in [0.25, 0.3) is 0 Å². The van der Waals surface area contributed by atoms with Crippen LogP contribution >= 0.6 is 11.3 Å². The molecule has 0 saturated carbocycles. The Kier molecular flexibility index (Phi) is 6.87. The number of aromatic nitrogens is 2. The molecule has 1 atom stereocenters. The number of ether oxygens (including phenoxy) is 1. The summed E-state index contributed by atoms with van der Waals surface area (Å²) in [7, 11) is 0. The molecule has 1 N–H and O–H groups in total. The lowest BCUT2D eigenvalue weighted by Gasteiger charge is -2.35. The largest absolute Gasteiger partial charge is 0.491 e. The van der Waals surface area contributed by atoms with Gasteiger partial charge in [-0.15, -0.1) is 11.3 Å². The molecule has 178 valence electrons. The summed E-state index contributed by atoms with van der Waals surface area (Å²) in [5, 5.41) is 15.5. The van der Waals surface area contributed by atoms with E-state index in [0.29, 0.717) is 30.1 Å². The summed E-state index contributed by atoms with van der Waals surface area (Å²) in [5.74, 6) is 1.13. The van der Waals surface area contributed by atoms with Crippen molar-refractivity contribution in [2.75, 3.05) is 39.3 Å². The Bertz CT molecular complexity index is 1250. The second-order valence-electron chi connectivity index (χ2n) is 8.56. The van der Waals surface area contributed by atoms with Gasteiger partial charge in [-0.2, -0.15) is 0 Å². The van der Waals surface area contributed by atoms with Crippen LogP contribution in [0, 0.1) is 12.7 Å². The maximum Gasteiger partial charge on any atom is 0.151 e. The molecule has 0 spiro atoms. The standard InChI is InChI=1S/C25H27FN4O3S/c1-17-27-24-12-19(6-7-25(24)34-17)32-16-18(31)14-29-8-10-30(11-9-29)15-20-13-23(28-33-20)21-4-2-3-5-22(21)26/h2-7,12-13,18,31H,8-11,14-16H2,1H3/t18-/m1/s1. The maximum atomic E-state index is 14.0. The quantitative estimate of drug-likeness (QED) is 0.408. The molecule has 5 rings (SSSR count). The fraction of sp³-hybridized carbons (Fsp3) is 0.360. The molecule has 0 amide bonds. The van der Waals surface area contributed by atoms with Crippen LogP contribution in [0.4, 0.5) is 4.39 Å². The summed E-state index contributed by atoms with van der Waals surface area (Å²) in [6.45, 7) is 6.80. The van der Waals surface area contributed by atoms with Crippen LogP contribution in [0.25, 0.3) is 21.5 Å². The molecule has 0 bridgehead atoms. The number of β-amino-alcohol motifs (C(OH)–C–C–N with tert-alkyl or cyclic N) is 1. The van der Waals surface area contributed by atoms with Crippen LogP contribution in [0.3, 0.4) is 0 Å². The first-order chi connectivity index (χ1) is 16.5. The minimum Gasteiger partial charge on any atom is -0.491 e. The summed E-state index contributed by atoms with van der Waals surface area (Å²) in [6, 6.07) is 14.2. The van der Waals surface area contributed by atoms with Gasteiger partial charge in [-0.25, -0.2) is 9.37 Å².